The lowest BCUT2D eigenvalue weighted by molar-refractivity contribution is 0.282. The molecule has 0 aliphatic heterocycles. The Labute approximate surface area is 158 Å². The standard InChI is InChI=1S/C23H31ClO/c1-18-14-15-20(11-8-6-4-3-5-7-9-16-25)23(19(18)2)21-12-10-13-22(24)17-21/h10,12-15,17,25H,3-9,11,16H2,1-2H3. The van der Waals surface area contributed by atoms with E-state index in [4.69, 9.17) is 16.7 Å². The Morgan fingerprint density at radius 1 is 0.840 bits per heavy atom. The summed E-state index contributed by atoms with van der Waals surface area (Å²) in [5.41, 5.74) is 6.73. The van der Waals surface area contributed by atoms with Crippen molar-refractivity contribution in [3.8, 4) is 11.1 Å². The van der Waals surface area contributed by atoms with Crippen LogP contribution < -0.4 is 0 Å². The monoisotopic (exact) mass is 358 g/mol. The fraction of sp³-hybridized carbons (Fsp3) is 0.478. The zero-order valence-electron chi connectivity index (χ0n) is 15.7. The summed E-state index contributed by atoms with van der Waals surface area (Å²) in [4.78, 5) is 0. The molecule has 0 radical (unpaired) electrons. The third-order valence-corrected chi connectivity index (χ3v) is 5.27. The van der Waals surface area contributed by atoms with Crippen LogP contribution in [0.4, 0.5) is 0 Å². The molecule has 0 aliphatic carbocycles. The second-order valence-electron chi connectivity index (χ2n) is 7.00. The largest absolute Gasteiger partial charge is 0.396 e. The van der Waals surface area contributed by atoms with Crippen molar-refractivity contribution in [3.63, 3.8) is 0 Å². The third kappa shape index (κ3) is 6.17. The second kappa shape index (κ2) is 10.6. The van der Waals surface area contributed by atoms with E-state index in [0.29, 0.717) is 6.61 Å². The highest BCUT2D eigenvalue weighted by molar-refractivity contribution is 6.30. The zero-order chi connectivity index (χ0) is 18.1. The van der Waals surface area contributed by atoms with Crippen LogP contribution in [0.5, 0.6) is 0 Å². The van der Waals surface area contributed by atoms with Crippen LogP contribution in [0.2, 0.25) is 5.02 Å². The molecule has 0 saturated carbocycles. The quantitative estimate of drug-likeness (QED) is 0.458. The van der Waals surface area contributed by atoms with Gasteiger partial charge in [-0.25, -0.2) is 0 Å². The molecule has 0 bridgehead atoms. The Balaban J connectivity index is 1.98. The van der Waals surface area contributed by atoms with Crippen LogP contribution in [0.3, 0.4) is 0 Å². The number of rotatable bonds is 10. The average Bonchev–Trinajstić information content (AvgIpc) is 2.60. The van der Waals surface area contributed by atoms with Gasteiger partial charge in [-0.2, -0.15) is 0 Å². The summed E-state index contributed by atoms with van der Waals surface area (Å²) < 4.78 is 0. The Morgan fingerprint density at radius 2 is 1.52 bits per heavy atom. The summed E-state index contributed by atoms with van der Waals surface area (Å²) in [7, 11) is 0. The van der Waals surface area contributed by atoms with E-state index in [1.54, 1.807) is 0 Å². The number of benzene rings is 2. The first-order valence-electron chi connectivity index (χ1n) is 9.59. The van der Waals surface area contributed by atoms with Crippen LogP contribution in [0, 0.1) is 13.8 Å². The van der Waals surface area contributed by atoms with Gasteiger partial charge in [-0.1, -0.05) is 68.0 Å². The molecule has 2 rings (SSSR count). The topological polar surface area (TPSA) is 20.2 Å². The number of unbranched alkanes of at least 4 members (excludes halogenated alkanes) is 6. The third-order valence-electron chi connectivity index (χ3n) is 5.04. The zero-order valence-corrected chi connectivity index (χ0v) is 16.4. The van der Waals surface area contributed by atoms with E-state index in [0.717, 1.165) is 24.3 Å². The maximum atomic E-state index is 8.80. The van der Waals surface area contributed by atoms with Crippen LogP contribution in [0.1, 0.15) is 61.6 Å². The molecule has 0 unspecified atom stereocenters. The molecule has 2 aromatic rings. The van der Waals surface area contributed by atoms with E-state index >= 15 is 0 Å². The van der Waals surface area contributed by atoms with E-state index in [2.05, 4.69) is 38.1 Å². The van der Waals surface area contributed by atoms with Crippen molar-refractivity contribution in [2.45, 2.75) is 65.2 Å². The van der Waals surface area contributed by atoms with Crippen LogP contribution in [-0.4, -0.2) is 11.7 Å². The van der Waals surface area contributed by atoms with Gasteiger partial charge in [0.1, 0.15) is 0 Å². The molecular weight excluding hydrogens is 328 g/mol. The van der Waals surface area contributed by atoms with Gasteiger partial charge in [-0.15, -0.1) is 0 Å². The highest BCUT2D eigenvalue weighted by Crippen LogP contribution is 2.32. The predicted octanol–water partition coefficient (Wildman–Crippen LogP) is 6.89. The molecule has 1 N–H and O–H groups in total. The van der Waals surface area contributed by atoms with Crippen molar-refractivity contribution in [2.75, 3.05) is 6.61 Å². The minimum absolute atomic E-state index is 0.332. The molecular formula is C23H31ClO. The number of aryl methyl sites for hydroxylation is 2. The molecule has 0 atom stereocenters. The van der Waals surface area contributed by atoms with E-state index in [-0.39, 0.29) is 0 Å². The van der Waals surface area contributed by atoms with E-state index in [1.807, 2.05) is 12.1 Å². The molecule has 2 heteroatoms. The van der Waals surface area contributed by atoms with Crippen LogP contribution in [-0.2, 0) is 6.42 Å². The molecule has 0 fully saturated rings. The van der Waals surface area contributed by atoms with Gasteiger partial charge in [0.15, 0.2) is 0 Å². The highest BCUT2D eigenvalue weighted by Gasteiger charge is 2.10. The lowest BCUT2D eigenvalue weighted by Gasteiger charge is -2.16. The fourth-order valence-electron chi connectivity index (χ4n) is 3.44. The lowest BCUT2D eigenvalue weighted by Crippen LogP contribution is -1.96. The van der Waals surface area contributed by atoms with Gasteiger partial charge in [0.2, 0.25) is 0 Å². The first kappa shape index (κ1) is 20.0. The van der Waals surface area contributed by atoms with Gasteiger partial charge >= 0.3 is 0 Å². The SMILES string of the molecule is Cc1ccc(CCCCCCCCCO)c(-c2cccc(Cl)c2)c1C. The second-order valence-corrected chi connectivity index (χ2v) is 7.44. The Kier molecular flexibility index (Phi) is 8.51. The van der Waals surface area contributed by atoms with Crippen molar-refractivity contribution in [2.24, 2.45) is 0 Å². The average molecular weight is 359 g/mol. The van der Waals surface area contributed by atoms with E-state index in [1.165, 1.54) is 59.9 Å². The minimum Gasteiger partial charge on any atom is -0.396 e. The van der Waals surface area contributed by atoms with Gasteiger partial charge in [-0.3, -0.25) is 0 Å². The van der Waals surface area contributed by atoms with Crippen LogP contribution in [0.15, 0.2) is 36.4 Å². The summed E-state index contributed by atoms with van der Waals surface area (Å²) in [5.74, 6) is 0. The highest BCUT2D eigenvalue weighted by atomic mass is 35.5. The first-order valence-corrected chi connectivity index (χ1v) is 9.97. The maximum absolute atomic E-state index is 8.80. The van der Waals surface area contributed by atoms with Gasteiger partial charge in [0.25, 0.3) is 0 Å². The molecule has 1 nitrogen and oxygen atoms in total. The fourth-order valence-corrected chi connectivity index (χ4v) is 3.63. The molecule has 136 valence electrons. The lowest BCUT2D eigenvalue weighted by atomic mass is 9.89. The first-order chi connectivity index (χ1) is 12.1. The summed E-state index contributed by atoms with van der Waals surface area (Å²) in [6, 6.07) is 12.8. The van der Waals surface area contributed by atoms with Crippen molar-refractivity contribution in [1.29, 1.82) is 0 Å². The van der Waals surface area contributed by atoms with Gasteiger partial charge in [0.05, 0.1) is 0 Å². The van der Waals surface area contributed by atoms with Crippen molar-refractivity contribution < 1.29 is 5.11 Å². The molecule has 0 spiro atoms. The smallest absolute Gasteiger partial charge is 0.0431 e. The van der Waals surface area contributed by atoms with Crippen molar-refractivity contribution in [3.05, 3.63) is 58.1 Å². The van der Waals surface area contributed by atoms with E-state index < -0.39 is 0 Å². The van der Waals surface area contributed by atoms with Crippen molar-refractivity contribution >= 4 is 11.6 Å². The molecule has 0 aliphatic rings. The van der Waals surface area contributed by atoms with Crippen LogP contribution in [0.25, 0.3) is 11.1 Å². The Hall–Kier alpha value is -1.31. The van der Waals surface area contributed by atoms with Gasteiger partial charge in [0, 0.05) is 11.6 Å². The molecule has 0 saturated heterocycles. The van der Waals surface area contributed by atoms with Crippen molar-refractivity contribution in [1.82, 2.24) is 0 Å². The molecule has 0 aromatic heterocycles. The summed E-state index contributed by atoms with van der Waals surface area (Å²) in [5, 5.41) is 9.60. The number of hydrogen-bond donors (Lipinski definition) is 1. The predicted molar refractivity (Wildman–Crippen MR) is 109 cm³/mol. The molecule has 25 heavy (non-hydrogen) atoms. The van der Waals surface area contributed by atoms with Gasteiger partial charge < -0.3 is 5.11 Å². The minimum atomic E-state index is 0.332. The molecule has 0 amide bonds. The van der Waals surface area contributed by atoms with E-state index in [9.17, 15) is 0 Å². The molecule has 0 heterocycles. The Bertz CT molecular complexity index is 663. The number of aliphatic hydroxyl groups is 1. The summed E-state index contributed by atoms with van der Waals surface area (Å²) in [6.07, 6.45) is 9.57. The summed E-state index contributed by atoms with van der Waals surface area (Å²) >= 11 is 6.22. The summed E-state index contributed by atoms with van der Waals surface area (Å²) in [6.45, 7) is 4.73. The number of hydrogen-bond acceptors (Lipinski definition) is 1. The number of halogens is 1. The molecule has 2 aromatic carbocycles. The number of aliphatic hydroxyl groups excluding tert-OH is 1. The normalized spacial score (nSPS) is 11.0. The maximum Gasteiger partial charge on any atom is 0.0431 e. The van der Waals surface area contributed by atoms with Gasteiger partial charge in [-0.05, 0) is 73.1 Å². The Morgan fingerprint density at radius 3 is 2.20 bits per heavy atom. The van der Waals surface area contributed by atoms with Crippen LogP contribution >= 0.6 is 11.6 Å².